The number of hydrogen-bond donors (Lipinski definition) is 1. The van der Waals surface area contributed by atoms with E-state index in [0.29, 0.717) is 23.7 Å². The number of rotatable bonds is 8. The summed E-state index contributed by atoms with van der Waals surface area (Å²) in [7, 11) is 0. The third-order valence-electron chi connectivity index (χ3n) is 4.71. The van der Waals surface area contributed by atoms with Crippen molar-refractivity contribution in [1.29, 1.82) is 0 Å². The van der Waals surface area contributed by atoms with Crippen LogP contribution in [-0.4, -0.2) is 34.9 Å². The maximum atomic E-state index is 13.2. The van der Waals surface area contributed by atoms with Crippen molar-refractivity contribution in [3.63, 3.8) is 0 Å². The molecule has 5 nitrogen and oxygen atoms in total. The van der Waals surface area contributed by atoms with E-state index in [1.807, 2.05) is 71.9 Å². The molecule has 0 aromatic heterocycles. The van der Waals surface area contributed by atoms with Crippen LogP contribution >= 0.6 is 11.6 Å². The van der Waals surface area contributed by atoms with Crippen LogP contribution in [0.3, 0.4) is 0 Å². The summed E-state index contributed by atoms with van der Waals surface area (Å²) in [6.07, 6.45) is 0.491. The van der Waals surface area contributed by atoms with Gasteiger partial charge in [-0.1, -0.05) is 36.7 Å². The standard InChI is InChI=1S/C25H33ClN2O3/c1-7-22(24(30)27-25(4,5)6)28(15-19-8-10-20(26)11-9-19)23(29)16-31-21-13-17(2)12-18(3)14-21/h8-14,22H,7,15-16H2,1-6H3,(H,27,30)/t22-/m1/s1. The van der Waals surface area contributed by atoms with Crippen LogP contribution in [-0.2, 0) is 16.1 Å². The molecule has 1 atom stereocenters. The van der Waals surface area contributed by atoms with Crippen LogP contribution in [0, 0.1) is 13.8 Å². The number of ether oxygens (including phenoxy) is 1. The van der Waals surface area contributed by atoms with Gasteiger partial charge in [0.2, 0.25) is 5.91 Å². The van der Waals surface area contributed by atoms with Gasteiger partial charge in [-0.2, -0.15) is 0 Å². The molecular formula is C25H33ClN2O3. The normalized spacial score (nSPS) is 12.2. The van der Waals surface area contributed by atoms with Gasteiger partial charge in [0.25, 0.3) is 5.91 Å². The first-order valence-corrected chi connectivity index (χ1v) is 10.9. The van der Waals surface area contributed by atoms with Crippen molar-refractivity contribution < 1.29 is 14.3 Å². The molecule has 2 amide bonds. The summed E-state index contributed by atoms with van der Waals surface area (Å²) in [5.74, 6) is 0.221. The highest BCUT2D eigenvalue weighted by Gasteiger charge is 2.30. The molecule has 0 heterocycles. The largest absolute Gasteiger partial charge is 0.484 e. The van der Waals surface area contributed by atoms with Crippen LogP contribution in [0.5, 0.6) is 5.75 Å². The Morgan fingerprint density at radius 3 is 2.16 bits per heavy atom. The number of benzene rings is 2. The molecule has 0 saturated heterocycles. The molecule has 2 rings (SSSR count). The topological polar surface area (TPSA) is 58.6 Å². The third kappa shape index (κ3) is 7.91. The zero-order chi connectivity index (χ0) is 23.2. The number of aryl methyl sites for hydroxylation is 2. The van der Waals surface area contributed by atoms with E-state index in [9.17, 15) is 9.59 Å². The fourth-order valence-electron chi connectivity index (χ4n) is 3.40. The Balaban J connectivity index is 2.24. The molecule has 2 aromatic carbocycles. The Hall–Kier alpha value is -2.53. The minimum atomic E-state index is -0.606. The first kappa shape index (κ1) is 24.7. The van der Waals surface area contributed by atoms with Gasteiger partial charge in [0.05, 0.1) is 0 Å². The van der Waals surface area contributed by atoms with E-state index in [1.54, 1.807) is 17.0 Å². The van der Waals surface area contributed by atoms with E-state index in [2.05, 4.69) is 5.32 Å². The monoisotopic (exact) mass is 444 g/mol. The highest BCUT2D eigenvalue weighted by atomic mass is 35.5. The van der Waals surface area contributed by atoms with Crippen molar-refractivity contribution in [3.05, 3.63) is 64.2 Å². The van der Waals surface area contributed by atoms with E-state index in [4.69, 9.17) is 16.3 Å². The first-order chi connectivity index (χ1) is 14.5. The van der Waals surface area contributed by atoms with Crippen LogP contribution < -0.4 is 10.1 Å². The zero-order valence-electron chi connectivity index (χ0n) is 19.3. The summed E-state index contributed by atoms with van der Waals surface area (Å²) >= 11 is 6.00. The summed E-state index contributed by atoms with van der Waals surface area (Å²) in [5.41, 5.74) is 2.63. The summed E-state index contributed by atoms with van der Waals surface area (Å²) in [6, 6.07) is 12.5. The van der Waals surface area contributed by atoms with Gasteiger partial charge >= 0.3 is 0 Å². The average Bonchev–Trinajstić information content (AvgIpc) is 2.65. The summed E-state index contributed by atoms with van der Waals surface area (Å²) in [6.45, 7) is 11.8. The average molecular weight is 445 g/mol. The lowest BCUT2D eigenvalue weighted by molar-refractivity contribution is -0.143. The third-order valence-corrected chi connectivity index (χ3v) is 4.96. The Morgan fingerprint density at radius 1 is 1.06 bits per heavy atom. The minimum Gasteiger partial charge on any atom is -0.484 e. The molecule has 0 spiro atoms. The van der Waals surface area contributed by atoms with E-state index in [0.717, 1.165) is 16.7 Å². The number of carbonyl (C=O) groups is 2. The molecule has 0 aliphatic carbocycles. The number of nitrogens with zero attached hydrogens (tertiary/aromatic N) is 1. The Morgan fingerprint density at radius 2 is 1.65 bits per heavy atom. The van der Waals surface area contributed by atoms with Gasteiger partial charge in [0.1, 0.15) is 11.8 Å². The van der Waals surface area contributed by atoms with Gasteiger partial charge in [-0.05, 0) is 82.0 Å². The highest BCUT2D eigenvalue weighted by molar-refractivity contribution is 6.30. The van der Waals surface area contributed by atoms with E-state index < -0.39 is 11.6 Å². The summed E-state index contributed by atoms with van der Waals surface area (Å²) in [4.78, 5) is 27.8. The fourth-order valence-corrected chi connectivity index (χ4v) is 3.53. The van der Waals surface area contributed by atoms with E-state index in [1.165, 1.54) is 0 Å². The molecule has 31 heavy (non-hydrogen) atoms. The van der Waals surface area contributed by atoms with Gasteiger partial charge in [-0.3, -0.25) is 9.59 Å². The highest BCUT2D eigenvalue weighted by Crippen LogP contribution is 2.19. The molecule has 0 aliphatic heterocycles. The molecule has 168 valence electrons. The van der Waals surface area contributed by atoms with E-state index in [-0.39, 0.29) is 18.4 Å². The number of halogens is 1. The van der Waals surface area contributed by atoms with Gasteiger partial charge in [0, 0.05) is 17.1 Å². The second kappa shape index (κ2) is 10.7. The van der Waals surface area contributed by atoms with Crippen molar-refractivity contribution in [3.8, 4) is 5.75 Å². The first-order valence-electron chi connectivity index (χ1n) is 10.6. The molecule has 0 fully saturated rings. The predicted octanol–water partition coefficient (Wildman–Crippen LogP) is 5.06. The molecular weight excluding hydrogens is 412 g/mol. The number of nitrogens with one attached hydrogen (secondary N) is 1. The molecule has 0 unspecified atom stereocenters. The van der Waals surface area contributed by atoms with Crippen molar-refractivity contribution in [2.24, 2.45) is 0 Å². The van der Waals surface area contributed by atoms with Crippen LogP contribution in [0.15, 0.2) is 42.5 Å². The predicted molar refractivity (Wildman–Crippen MR) is 125 cm³/mol. The molecule has 0 bridgehead atoms. The zero-order valence-corrected chi connectivity index (χ0v) is 20.0. The SMILES string of the molecule is CC[C@H](C(=O)NC(C)(C)C)N(Cc1ccc(Cl)cc1)C(=O)COc1cc(C)cc(C)c1. The maximum absolute atomic E-state index is 13.2. The Bertz CT molecular complexity index is 884. The molecule has 0 aliphatic rings. The van der Waals surface area contributed by atoms with Crippen LogP contribution in [0.25, 0.3) is 0 Å². The fraction of sp³-hybridized carbons (Fsp3) is 0.440. The van der Waals surface area contributed by atoms with Gasteiger partial charge in [-0.15, -0.1) is 0 Å². The maximum Gasteiger partial charge on any atom is 0.261 e. The second-order valence-corrected chi connectivity index (χ2v) is 9.36. The van der Waals surface area contributed by atoms with Crippen molar-refractivity contribution in [1.82, 2.24) is 10.2 Å². The summed E-state index contributed by atoms with van der Waals surface area (Å²) in [5, 5.41) is 3.62. The quantitative estimate of drug-likeness (QED) is 0.619. The lowest BCUT2D eigenvalue weighted by Crippen LogP contribution is -2.54. The minimum absolute atomic E-state index is 0.143. The Labute approximate surface area is 190 Å². The lowest BCUT2D eigenvalue weighted by Gasteiger charge is -2.33. The lowest BCUT2D eigenvalue weighted by atomic mass is 10.1. The molecule has 0 radical (unpaired) electrons. The molecule has 6 heteroatoms. The number of carbonyl (C=O) groups excluding carboxylic acids is 2. The van der Waals surface area contributed by atoms with Crippen molar-refractivity contribution >= 4 is 23.4 Å². The van der Waals surface area contributed by atoms with Crippen molar-refractivity contribution in [2.75, 3.05) is 6.61 Å². The van der Waals surface area contributed by atoms with Crippen molar-refractivity contribution in [2.45, 2.75) is 66.1 Å². The van der Waals surface area contributed by atoms with Gasteiger partial charge in [-0.25, -0.2) is 0 Å². The molecule has 1 N–H and O–H groups in total. The van der Waals surface area contributed by atoms with Crippen LogP contribution in [0.2, 0.25) is 5.02 Å². The number of amides is 2. The van der Waals surface area contributed by atoms with E-state index >= 15 is 0 Å². The second-order valence-electron chi connectivity index (χ2n) is 8.92. The molecule has 2 aromatic rings. The smallest absolute Gasteiger partial charge is 0.261 e. The van der Waals surface area contributed by atoms with Gasteiger partial charge in [0.15, 0.2) is 6.61 Å². The number of hydrogen-bond acceptors (Lipinski definition) is 3. The Kier molecular flexibility index (Phi) is 8.52. The summed E-state index contributed by atoms with van der Waals surface area (Å²) < 4.78 is 5.80. The molecule has 0 saturated carbocycles. The van der Waals surface area contributed by atoms with Crippen LogP contribution in [0.4, 0.5) is 0 Å². The van der Waals surface area contributed by atoms with Gasteiger partial charge < -0.3 is 15.0 Å². The van der Waals surface area contributed by atoms with Crippen LogP contribution in [0.1, 0.15) is 50.8 Å².